The zero-order valence-electron chi connectivity index (χ0n) is 13.8. The fraction of sp³-hybridized carbons (Fsp3) is 0.100. The molecule has 4 aromatic rings. The third kappa shape index (κ3) is 2.54. The van der Waals surface area contributed by atoms with E-state index in [9.17, 15) is 4.39 Å². The minimum absolute atomic E-state index is 0.361. The van der Waals surface area contributed by atoms with Gasteiger partial charge in [0.2, 0.25) is 0 Å². The lowest BCUT2D eigenvalue weighted by molar-refractivity contribution is 0.411. The zero-order chi connectivity index (χ0) is 17.4. The third-order valence-electron chi connectivity index (χ3n) is 4.25. The van der Waals surface area contributed by atoms with Crippen molar-refractivity contribution >= 4 is 11.0 Å². The molecule has 0 saturated heterocycles. The van der Waals surface area contributed by atoms with Crippen molar-refractivity contribution in [3.05, 3.63) is 66.2 Å². The Bertz CT molecular complexity index is 1070. The second-order valence-corrected chi connectivity index (χ2v) is 5.75. The molecule has 0 N–H and O–H groups in total. The van der Waals surface area contributed by atoms with Crippen LogP contribution in [0.4, 0.5) is 4.39 Å². The minimum Gasteiger partial charge on any atom is -0.496 e. The lowest BCUT2D eigenvalue weighted by Crippen LogP contribution is -1.90. The van der Waals surface area contributed by atoms with Gasteiger partial charge in [-0.2, -0.15) is 0 Å². The minimum atomic E-state index is -0.361. The van der Waals surface area contributed by atoms with Crippen molar-refractivity contribution in [2.75, 3.05) is 7.11 Å². The van der Waals surface area contributed by atoms with Crippen LogP contribution in [0.1, 0.15) is 5.56 Å². The first-order valence-corrected chi connectivity index (χ1v) is 7.82. The summed E-state index contributed by atoms with van der Waals surface area (Å²) in [7, 11) is 1.50. The van der Waals surface area contributed by atoms with Gasteiger partial charge in [-0.3, -0.25) is 4.98 Å². The van der Waals surface area contributed by atoms with Gasteiger partial charge in [-0.15, -0.1) is 0 Å². The molecule has 2 heterocycles. The molecule has 0 aliphatic heterocycles. The first kappa shape index (κ1) is 15.3. The van der Waals surface area contributed by atoms with E-state index in [4.69, 9.17) is 9.26 Å². The molecule has 5 heteroatoms. The molecule has 0 atom stereocenters. The molecule has 2 aromatic carbocycles. The van der Waals surface area contributed by atoms with Crippen molar-refractivity contribution in [2.45, 2.75) is 6.92 Å². The van der Waals surface area contributed by atoms with Crippen molar-refractivity contribution in [1.29, 1.82) is 0 Å². The Hall–Kier alpha value is -3.21. The van der Waals surface area contributed by atoms with Gasteiger partial charge in [0, 0.05) is 35.2 Å². The quantitative estimate of drug-likeness (QED) is 0.528. The average molecular weight is 334 g/mol. The van der Waals surface area contributed by atoms with Crippen LogP contribution in [0.3, 0.4) is 0 Å². The average Bonchev–Trinajstić information content (AvgIpc) is 3.06. The normalized spacial score (nSPS) is 11.0. The van der Waals surface area contributed by atoms with Gasteiger partial charge in [0.15, 0.2) is 5.58 Å². The fourth-order valence-electron chi connectivity index (χ4n) is 2.98. The number of nitrogens with zero attached hydrogens (tertiary/aromatic N) is 2. The fourth-order valence-corrected chi connectivity index (χ4v) is 2.98. The van der Waals surface area contributed by atoms with E-state index in [0.29, 0.717) is 22.6 Å². The van der Waals surface area contributed by atoms with Crippen LogP contribution in [0.15, 0.2) is 59.4 Å². The Kier molecular flexibility index (Phi) is 3.69. The van der Waals surface area contributed by atoms with Crippen LogP contribution in [-0.4, -0.2) is 17.3 Å². The Morgan fingerprint density at radius 3 is 2.72 bits per heavy atom. The number of halogens is 1. The van der Waals surface area contributed by atoms with Gasteiger partial charge >= 0.3 is 0 Å². The number of methoxy groups -OCH3 is 1. The summed E-state index contributed by atoms with van der Waals surface area (Å²) in [4.78, 5) is 4.21. The maximum Gasteiger partial charge on any atom is 0.175 e. The van der Waals surface area contributed by atoms with Crippen LogP contribution < -0.4 is 4.74 Å². The molecule has 124 valence electrons. The van der Waals surface area contributed by atoms with E-state index in [-0.39, 0.29) is 5.82 Å². The van der Waals surface area contributed by atoms with Crippen LogP contribution in [0.5, 0.6) is 5.75 Å². The summed E-state index contributed by atoms with van der Waals surface area (Å²) < 4.78 is 24.4. The monoisotopic (exact) mass is 334 g/mol. The largest absolute Gasteiger partial charge is 0.496 e. The molecule has 0 bridgehead atoms. The van der Waals surface area contributed by atoms with Crippen molar-refractivity contribution in [3.63, 3.8) is 0 Å². The second kappa shape index (κ2) is 6.02. The molecular formula is C20H15FN2O2. The van der Waals surface area contributed by atoms with Crippen LogP contribution >= 0.6 is 0 Å². The van der Waals surface area contributed by atoms with E-state index < -0.39 is 0 Å². The maximum atomic E-state index is 13.5. The van der Waals surface area contributed by atoms with E-state index in [2.05, 4.69) is 10.1 Å². The Balaban J connectivity index is 1.96. The van der Waals surface area contributed by atoms with Crippen LogP contribution in [-0.2, 0) is 0 Å². The summed E-state index contributed by atoms with van der Waals surface area (Å²) in [5, 5.41) is 5.06. The van der Waals surface area contributed by atoms with Crippen molar-refractivity contribution in [2.24, 2.45) is 0 Å². The first-order chi connectivity index (χ1) is 12.2. The number of aryl methyl sites for hydroxylation is 1. The molecular weight excluding hydrogens is 319 g/mol. The molecule has 25 heavy (non-hydrogen) atoms. The van der Waals surface area contributed by atoms with Gasteiger partial charge < -0.3 is 9.26 Å². The number of pyridine rings is 1. The summed E-state index contributed by atoms with van der Waals surface area (Å²) in [5.41, 5.74) is 4.97. The van der Waals surface area contributed by atoms with Crippen molar-refractivity contribution < 1.29 is 13.7 Å². The standard InChI is InChI=1S/C20H15FN2O2/c1-12-8-9-22-11-17(12)14-4-3-5-16-19(23-25-20(14)16)15-7-6-13(21)10-18(15)24-2/h3-11H,1-2H3. The highest BCUT2D eigenvalue weighted by Gasteiger charge is 2.18. The predicted molar refractivity (Wildman–Crippen MR) is 93.9 cm³/mol. The summed E-state index contributed by atoms with van der Waals surface area (Å²) in [6, 6.07) is 12.2. The van der Waals surface area contributed by atoms with Gasteiger partial charge in [-0.1, -0.05) is 17.3 Å². The van der Waals surface area contributed by atoms with Crippen LogP contribution in [0.25, 0.3) is 33.4 Å². The Labute approximate surface area is 143 Å². The van der Waals surface area contributed by atoms with Crippen LogP contribution in [0.2, 0.25) is 0 Å². The van der Waals surface area contributed by atoms with Gasteiger partial charge in [0.25, 0.3) is 0 Å². The number of hydrogen-bond acceptors (Lipinski definition) is 4. The topological polar surface area (TPSA) is 48.2 Å². The molecule has 0 aliphatic carbocycles. The van der Waals surface area contributed by atoms with E-state index in [1.54, 1.807) is 12.3 Å². The second-order valence-electron chi connectivity index (χ2n) is 5.75. The Morgan fingerprint density at radius 2 is 1.92 bits per heavy atom. The smallest absolute Gasteiger partial charge is 0.175 e. The van der Waals surface area contributed by atoms with Crippen LogP contribution in [0, 0.1) is 12.7 Å². The summed E-state index contributed by atoms with van der Waals surface area (Å²) in [5.74, 6) is 0.0539. The van der Waals surface area contributed by atoms with Gasteiger partial charge in [-0.05, 0) is 36.8 Å². The molecule has 0 saturated carbocycles. The van der Waals surface area contributed by atoms with Gasteiger partial charge in [-0.25, -0.2) is 4.39 Å². The maximum absolute atomic E-state index is 13.5. The first-order valence-electron chi connectivity index (χ1n) is 7.82. The van der Waals surface area contributed by atoms with Gasteiger partial charge in [0.05, 0.1) is 12.5 Å². The number of fused-ring (bicyclic) bond motifs is 1. The highest BCUT2D eigenvalue weighted by Crippen LogP contribution is 2.38. The molecule has 4 nitrogen and oxygen atoms in total. The molecule has 0 amide bonds. The molecule has 0 radical (unpaired) electrons. The number of para-hydroxylation sites is 1. The number of ether oxygens (including phenoxy) is 1. The van der Waals surface area contributed by atoms with E-state index in [1.807, 2.05) is 37.4 Å². The molecule has 4 rings (SSSR count). The molecule has 0 aliphatic rings. The van der Waals surface area contributed by atoms with E-state index >= 15 is 0 Å². The predicted octanol–water partition coefficient (Wildman–Crippen LogP) is 5.01. The Morgan fingerprint density at radius 1 is 1.04 bits per heavy atom. The zero-order valence-corrected chi connectivity index (χ0v) is 13.8. The lowest BCUT2D eigenvalue weighted by atomic mass is 9.99. The number of benzene rings is 2. The molecule has 0 unspecified atom stereocenters. The summed E-state index contributed by atoms with van der Waals surface area (Å²) >= 11 is 0. The molecule has 2 aromatic heterocycles. The summed E-state index contributed by atoms with van der Waals surface area (Å²) in [6.07, 6.45) is 3.57. The third-order valence-corrected chi connectivity index (χ3v) is 4.25. The highest BCUT2D eigenvalue weighted by atomic mass is 19.1. The van der Waals surface area contributed by atoms with Crippen molar-refractivity contribution in [1.82, 2.24) is 10.1 Å². The van der Waals surface area contributed by atoms with E-state index in [1.165, 1.54) is 19.2 Å². The van der Waals surface area contributed by atoms with Crippen molar-refractivity contribution in [3.8, 4) is 28.1 Å². The SMILES string of the molecule is COc1cc(F)ccc1-c1noc2c(-c3cnccc3C)cccc12. The van der Waals surface area contributed by atoms with E-state index in [0.717, 1.165) is 22.1 Å². The van der Waals surface area contributed by atoms with Gasteiger partial charge in [0.1, 0.15) is 17.3 Å². The molecule has 0 spiro atoms. The highest BCUT2D eigenvalue weighted by molar-refractivity contribution is 6.00. The summed E-state index contributed by atoms with van der Waals surface area (Å²) in [6.45, 7) is 2.02. The molecule has 0 fully saturated rings. The lowest BCUT2D eigenvalue weighted by Gasteiger charge is -2.07. The number of aromatic nitrogens is 2. The number of rotatable bonds is 3. The number of hydrogen-bond donors (Lipinski definition) is 0.